The Labute approximate surface area is 108 Å². The Bertz CT molecular complexity index is 675. The molecule has 19 heavy (non-hydrogen) atoms. The van der Waals surface area contributed by atoms with Crippen molar-refractivity contribution < 1.29 is 17.4 Å². The fraction of sp³-hybridized carbons (Fsp3) is 0.100. The molecule has 0 fully saturated rings. The summed E-state index contributed by atoms with van der Waals surface area (Å²) >= 11 is 0. The summed E-state index contributed by atoms with van der Waals surface area (Å²) in [4.78, 5) is 9.84. The van der Waals surface area contributed by atoms with Crippen molar-refractivity contribution in [2.75, 3.05) is 5.32 Å². The van der Waals surface area contributed by atoms with Crippen LogP contribution in [0, 0.1) is 12.4 Å². The summed E-state index contributed by atoms with van der Waals surface area (Å²) in [6.07, 6.45) is 1.14. The lowest BCUT2D eigenvalue weighted by molar-refractivity contribution is 0.483. The summed E-state index contributed by atoms with van der Waals surface area (Å²) in [7, 11) is -4.20. The molecule has 99 valence electrons. The minimum Gasteiger partial charge on any atom is -0.350 e. The molecule has 0 aliphatic rings. The average molecular weight is 283 g/mol. The molecule has 0 atom stereocenters. The molecule has 0 amide bonds. The molecule has 0 aliphatic carbocycles. The highest BCUT2D eigenvalue weighted by atomic mass is 32.2. The predicted molar refractivity (Wildman–Crippen MR) is 62.2 cm³/mol. The van der Waals surface area contributed by atoms with Gasteiger partial charge in [0.15, 0.2) is 0 Å². The third kappa shape index (κ3) is 3.66. The summed E-state index contributed by atoms with van der Waals surface area (Å²) in [6, 6.07) is 5.51. The van der Waals surface area contributed by atoms with E-state index in [2.05, 4.69) is 26.6 Å². The fourth-order valence-electron chi connectivity index (χ4n) is 1.29. The molecule has 2 aromatic rings. The number of hydrogen-bond acceptors (Lipinski definition) is 6. The number of benzene rings is 1. The van der Waals surface area contributed by atoms with Crippen molar-refractivity contribution in [3.8, 4) is 0 Å². The molecule has 0 bridgehead atoms. The maximum Gasteiger partial charge on any atom is 0.314 e. The van der Waals surface area contributed by atoms with Crippen molar-refractivity contribution in [2.24, 2.45) is 0 Å². The second kappa shape index (κ2) is 5.24. The van der Waals surface area contributed by atoms with Gasteiger partial charge in [0.2, 0.25) is 12.3 Å². The minimum absolute atomic E-state index is 0.0198. The number of aromatic nitrogens is 3. The highest BCUT2D eigenvalue weighted by Crippen LogP contribution is 2.10. The van der Waals surface area contributed by atoms with E-state index < -0.39 is 16.2 Å². The van der Waals surface area contributed by atoms with E-state index in [4.69, 9.17) is 4.55 Å². The molecule has 1 aromatic carbocycles. The first-order chi connectivity index (χ1) is 8.95. The summed E-state index contributed by atoms with van der Waals surface area (Å²) in [6.45, 7) is 0.253. The van der Waals surface area contributed by atoms with Gasteiger partial charge >= 0.3 is 6.08 Å². The van der Waals surface area contributed by atoms with Crippen LogP contribution in [0.4, 0.5) is 10.3 Å². The van der Waals surface area contributed by atoms with Gasteiger partial charge < -0.3 is 5.32 Å². The Balaban J connectivity index is 2.05. The van der Waals surface area contributed by atoms with Gasteiger partial charge in [0.25, 0.3) is 10.1 Å². The van der Waals surface area contributed by atoms with Gasteiger partial charge in [0.05, 0.1) is 4.90 Å². The van der Waals surface area contributed by atoms with E-state index in [0.717, 1.165) is 0 Å². The molecule has 2 rings (SSSR count). The van der Waals surface area contributed by atoms with Crippen molar-refractivity contribution in [1.29, 1.82) is 0 Å². The second-order valence-corrected chi connectivity index (χ2v) is 4.92. The van der Waals surface area contributed by atoms with Crippen molar-refractivity contribution in [3.63, 3.8) is 0 Å². The van der Waals surface area contributed by atoms with Crippen LogP contribution in [-0.4, -0.2) is 27.9 Å². The number of rotatable bonds is 4. The first-order valence-corrected chi connectivity index (χ1v) is 6.47. The highest BCUT2D eigenvalue weighted by Gasteiger charge is 2.08. The monoisotopic (exact) mass is 283 g/mol. The van der Waals surface area contributed by atoms with E-state index in [1.54, 1.807) is 0 Å². The highest BCUT2D eigenvalue weighted by molar-refractivity contribution is 7.85. The van der Waals surface area contributed by atoms with Gasteiger partial charge in [-0.2, -0.15) is 27.8 Å². The van der Waals surface area contributed by atoms with Crippen molar-refractivity contribution in [3.05, 3.63) is 42.2 Å². The van der Waals surface area contributed by atoms with Gasteiger partial charge in [0, 0.05) is 6.54 Å². The van der Waals surface area contributed by atoms with Crippen LogP contribution in [0.2, 0.25) is 0 Å². The summed E-state index contributed by atoms with van der Waals surface area (Å²) < 4.78 is 43.1. The van der Waals surface area contributed by atoms with Crippen molar-refractivity contribution in [1.82, 2.24) is 15.0 Å². The molecule has 0 unspecified atom stereocenters. The van der Waals surface area contributed by atoms with Gasteiger partial charge in [-0.05, 0) is 17.7 Å². The predicted octanol–water partition coefficient (Wildman–Crippen LogP) is 0.670. The Hall–Kier alpha value is -2.13. The molecule has 7 nitrogen and oxygen atoms in total. The number of nitrogens with zero attached hydrogens (tertiary/aromatic N) is 3. The van der Waals surface area contributed by atoms with Gasteiger partial charge in [-0.25, -0.2) is 0 Å². The molecule has 0 aliphatic heterocycles. The van der Waals surface area contributed by atoms with E-state index in [0.29, 0.717) is 5.56 Å². The molecule has 2 N–H and O–H groups in total. The molecule has 1 aromatic heterocycles. The lowest BCUT2D eigenvalue weighted by Gasteiger charge is -2.04. The van der Waals surface area contributed by atoms with Crippen LogP contribution < -0.4 is 5.32 Å². The fourth-order valence-corrected chi connectivity index (χ4v) is 1.77. The zero-order valence-electron chi connectivity index (χ0n) is 9.41. The van der Waals surface area contributed by atoms with Crippen LogP contribution in [0.1, 0.15) is 5.56 Å². The Morgan fingerprint density at radius 2 is 1.95 bits per heavy atom. The van der Waals surface area contributed by atoms with Crippen LogP contribution in [0.5, 0.6) is 0 Å². The van der Waals surface area contributed by atoms with Gasteiger partial charge in [-0.3, -0.25) is 4.55 Å². The van der Waals surface area contributed by atoms with Crippen LogP contribution in [0.25, 0.3) is 0 Å². The topological polar surface area (TPSA) is 105 Å². The standard InChI is InChI=1S/C10H8FN4O3S/c11-9-13-6-14-10(15-9)12-5-7-1-3-8(4-2-7)19(16,17)18/h1-4H,5H2,(H,16,17,18)(H,12,13,14,15). The molecule has 1 heterocycles. The second-order valence-electron chi connectivity index (χ2n) is 3.50. The maximum atomic E-state index is 12.6. The van der Waals surface area contributed by atoms with Crippen molar-refractivity contribution in [2.45, 2.75) is 11.4 Å². The molecule has 1 radical (unpaired) electrons. The van der Waals surface area contributed by atoms with Crippen molar-refractivity contribution >= 4 is 16.1 Å². The Kier molecular flexibility index (Phi) is 3.67. The first kappa shape index (κ1) is 13.3. The van der Waals surface area contributed by atoms with Crippen LogP contribution in [0.15, 0.2) is 29.2 Å². The molecule has 9 heteroatoms. The Morgan fingerprint density at radius 3 is 2.53 bits per heavy atom. The quantitative estimate of drug-likeness (QED) is 0.794. The molecule has 0 saturated carbocycles. The zero-order chi connectivity index (χ0) is 13.9. The molecule has 0 saturated heterocycles. The summed E-state index contributed by atoms with van der Waals surface area (Å²) in [5.74, 6) is 0.0198. The number of halogens is 1. The van der Waals surface area contributed by atoms with Gasteiger partial charge in [0.1, 0.15) is 0 Å². The van der Waals surface area contributed by atoms with E-state index in [-0.39, 0.29) is 17.4 Å². The lowest BCUT2D eigenvalue weighted by Crippen LogP contribution is -2.06. The van der Waals surface area contributed by atoms with E-state index in [9.17, 15) is 12.8 Å². The van der Waals surface area contributed by atoms with Gasteiger partial charge in [-0.15, -0.1) is 0 Å². The maximum absolute atomic E-state index is 12.6. The molecular formula is C10H8FN4O3S. The number of anilines is 1. The SMILES string of the molecule is O=S(=O)(O)c1ccc(CNc2n[c]nc(F)n2)cc1. The van der Waals surface area contributed by atoms with Crippen LogP contribution in [0.3, 0.4) is 0 Å². The zero-order valence-corrected chi connectivity index (χ0v) is 10.2. The summed E-state index contributed by atoms with van der Waals surface area (Å²) in [5.41, 5.74) is 0.702. The largest absolute Gasteiger partial charge is 0.350 e. The van der Waals surface area contributed by atoms with Crippen LogP contribution in [-0.2, 0) is 16.7 Å². The van der Waals surface area contributed by atoms with Crippen LogP contribution >= 0.6 is 0 Å². The third-order valence-corrected chi connectivity index (χ3v) is 3.04. The number of nitrogens with one attached hydrogen (secondary N) is 1. The van der Waals surface area contributed by atoms with E-state index in [1.165, 1.54) is 24.3 Å². The minimum atomic E-state index is -4.20. The van der Waals surface area contributed by atoms with E-state index in [1.807, 2.05) is 0 Å². The average Bonchev–Trinajstić information content (AvgIpc) is 2.36. The lowest BCUT2D eigenvalue weighted by atomic mass is 10.2. The molecular weight excluding hydrogens is 275 g/mol. The number of hydrogen-bond donors (Lipinski definition) is 2. The van der Waals surface area contributed by atoms with E-state index >= 15 is 0 Å². The smallest absolute Gasteiger partial charge is 0.314 e. The third-order valence-electron chi connectivity index (χ3n) is 2.17. The first-order valence-electron chi connectivity index (χ1n) is 5.03. The molecule has 0 spiro atoms. The Morgan fingerprint density at radius 1 is 1.26 bits per heavy atom. The normalized spacial score (nSPS) is 11.3. The summed E-state index contributed by atoms with van der Waals surface area (Å²) in [5, 5.41) is 2.71. The van der Waals surface area contributed by atoms with Gasteiger partial charge in [-0.1, -0.05) is 12.1 Å².